The van der Waals surface area contributed by atoms with E-state index in [1.54, 1.807) is 41.1 Å². The summed E-state index contributed by atoms with van der Waals surface area (Å²) in [6.45, 7) is 10.9. The highest BCUT2D eigenvalue weighted by molar-refractivity contribution is 6.01. The Kier molecular flexibility index (Phi) is 15.4. The largest absolute Gasteiger partial charge is 0.384 e. The van der Waals surface area contributed by atoms with Crippen molar-refractivity contribution in [2.45, 2.75) is 84.6 Å². The summed E-state index contributed by atoms with van der Waals surface area (Å²) in [6, 6.07) is -3.44. The standard InChI is InChI=1S/C33H56N10O7/c1-10-11-21(30(48)39-22-15-24(27(34)45)43(17-22)25(44)16-38-28(46)19(2)35-7)14-23(37-9)31(49)41-12-13-42(18-41)32(50)26(33(4,5)6)40-29(47)20(3)36-8/h11,14,19-20,22,24,26,35-37H,10,12-13,15-18H2,1-9H3,(H2,34,45)(H,38,46)(H,39,48)(H,40,47)/b21-11-,23-14-/t19?,20-,22?,24?,26+/m0/s1. The number of amides is 7. The van der Waals surface area contributed by atoms with Crippen molar-refractivity contribution in [1.82, 2.24) is 46.6 Å². The number of likely N-dealkylation sites (N-methyl/N-ethyl adjacent to an activating group) is 3. The highest BCUT2D eigenvalue weighted by atomic mass is 16.2. The summed E-state index contributed by atoms with van der Waals surface area (Å²) in [7, 11) is 4.81. The molecule has 0 aromatic rings. The summed E-state index contributed by atoms with van der Waals surface area (Å²) in [5, 5.41) is 16.7. The Morgan fingerprint density at radius 1 is 0.920 bits per heavy atom. The van der Waals surface area contributed by atoms with Gasteiger partial charge in [-0.1, -0.05) is 33.8 Å². The van der Waals surface area contributed by atoms with Crippen LogP contribution in [0.4, 0.5) is 0 Å². The molecule has 0 bridgehead atoms. The van der Waals surface area contributed by atoms with Gasteiger partial charge in [0.2, 0.25) is 29.5 Å². The van der Waals surface area contributed by atoms with Crippen LogP contribution in [0.1, 0.15) is 54.4 Å². The normalized spacial score (nSPS) is 20.1. The van der Waals surface area contributed by atoms with Crippen molar-refractivity contribution in [3.05, 3.63) is 23.4 Å². The van der Waals surface area contributed by atoms with E-state index in [1.807, 2.05) is 27.7 Å². The summed E-state index contributed by atoms with van der Waals surface area (Å²) in [5.41, 5.74) is 5.27. The second kappa shape index (κ2) is 18.5. The van der Waals surface area contributed by atoms with Gasteiger partial charge in [-0.05, 0) is 52.3 Å². The minimum atomic E-state index is -0.978. The second-order valence-electron chi connectivity index (χ2n) is 13.6. The molecule has 2 rings (SSSR count). The number of hydrogen-bond donors (Lipinski definition) is 7. The monoisotopic (exact) mass is 704 g/mol. The molecule has 0 saturated carbocycles. The number of likely N-dealkylation sites (tertiary alicyclic amines) is 1. The van der Waals surface area contributed by atoms with Crippen LogP contribution in [-0.4, -0.2) is 140 Å². The van der Waals surface area contributed by atoms with Crippen LogP contribution < -0.4 is 37.6 Å². The zero-order valence-corrected chi connectivity index (χ0v) is 30.8. The fourth-order valence-corrected chi connectivity index (χ4v) is 5.47. The van der Waals surface area contributed by atoms with Gasteiger partial charge >= 0.3 is 0 Å². The molecule has 2 heterocycles. The van der Waals surface area contributed by atoms with Gasteiger partial charge in [0, 0.05) is 38.3 Å². The van der Waals surface area contributed by atoms with Gasteiger partial charge in [0.15, 0.2) is 0 Å². The van der Waals surface area contributed by atoms with Gasteiger partial charge in [0.25, 0.3) is 11.8 Å². The van der Waals surface area contributed by atoms with Crippen LogP contribution >= 0.6 is 0 Å². The Morgan fingerprint density at radius 3 is 2.06 bits per heavy atom. The fraction of sp³-hybridized carbons (Fsp3) is 0.667. The van der Waals surface area contributed by atoms with E-state index < -0.39 is 59.3 Å². The maximum atomic E-state index is 13.6. The number of primary amides is 1. The van der Waals surface area contributed by atoms with Gasteiger partial charge < -0.3 is 52.3 Å². The predicted octanol–water partition coefficient (Wildman–Crippen LogP) is -2.51. The summed E-state index contributed by atoms with van der Waals surface area (Å²) >= 11 is 0. The molecule has 0 aliphatic carbocycles. The minimum absolute atomic E-state index is 0.00189. The first kappa shape index (κ1) is 41.7. The smallest absolute Gasteiger partial charge is 0.271 e. The molecule has 8 N–H and O–H groups in total. The summed E-state index contributed by atoms with van der Waals surface area (Å²) in [5.74, 6) is -3.22. The molecule has 7 amide bonds. The quantitative estimate of drug-likeness (QED) is 0.0700. The number of hydrogen-bond acceptors (Lipinski definition) is 10. The average molecular weight is 705 g/mol. The van der Waals surface area contributed by atoms with E-state index in [0.717, 1.165) is 0 Å². The van der Waals surface area contributed by atoms with E-state index >= 15 is 0 Å². The molecule has 2 fully saturated rings. The molecule has 0 radical (unpaired) electrons. The number of allylic oxidation sites excluding steroid dienone is 1. The molecular weight excluding hydrogens is 648 g/mol. The van der Waals surface area contributed by atoms with Crippen LogP contribution in [0, 0.1) is 5.41 Å². The number of nitrogens with two attached hydrogens (primary N) is 1. The lowest BCUT2D eigenvalue weighted by Gasteiger charge is -2.34. The Morgan fingerprint density at radius 2 is 1.52 bits per heavy atom. The molecule has 17 heteroatoms. The molecule has 17 nitrogen and oxygen atoms in total. The third-order valence-corrected chi connectivity index (χ3v) is 8.82. The maximum Gasteiger partial charge on any atom is 0.271 e. The zero-order chi connectivity index (χ0) is 37.9. The Labute approximate surface area is 294 Å². The van der Waals surface area contributed by atoms with Crippen molar-refractivity contribution >= 4 is 41.4 Å². The van der Waals surface area contributed by atoms with Crippen LogP contribution in [0.25, 0.3) is 0 Å². The van der Waals surface area contributed by atoms with Gasteiger partial charge in [0.05, 0.1) is 25.3 Å². The van der Waals surface area contributed by atoms with Crippen molar-refractivity contribution in [1.29, 1.82) is 0 Å². The molecule has 280 valence electrons. The number of carbonyl (C=O) groups excluding carboxylic acids is 7. The topological polar surface area (TPSA) is 227 Å². The van der Waals surface area contributed by atoms with Crippen molar-refractivity contribution in [3.63, 3.8) is 0 Å². The zero-order valence-electron chi connectivity index (χ0n) is 30.8. The minimum Gasteiger partial charge on any atom is -0.384 e. The van der Waals surface area contributed by atoms with Gasteiger partial charge in [0.1, 0.15) is 17.8 Å². The van der Waals surface area contributed by atoms with Crippen LogP contribution in [0.5, 0.6) is 0 Å². The van der Waals surface area contributed by atoms with Gasteiger partial charge in [-0.15, -0.1) is 0 Å². The summed E-state index contributed by atoms with van der Waals surface area (Å²) in [4.78, 5) is 94.8. The van der Waals surface area contributed by atoms with E-state index in [-0.39, 0.29) is 68.3 Å². The lowest BCUT2D eigenvalue weighted by Crippen LogP contribution is -2.57. The summed E-state index contributed by atoms with van der Waals surface area (Å²) < 4.78 is 0. The maximum absolute atomic E-state index is 13.6. The number of nitrogens with zero attached hydrogens (tertiary/aromatic N) is 3. The van der Waals surface area contributed by atoms with Crippen LogP contribution in [0.15, 0.2) is 23.4 Å². The van der Waals surface area contributed by atoms with Gasteiger partial charge in [-0.25, -0.2) is 0 Å². The second-order valence-corrected chi connectivity index (χ2v) is 13.6. The van der Waals surface area contributed by atoms with Crippen LogP contribution in [0.2, 0.25) is 0 Å². The summed E-state index contributed by atoms with van der Waals surface area (Å²) in [6.07, 6.45) is 3.61. The molecule has 5 atom stereocenters. The molecule has 2 saturated heterocycles. The molecular formula is C33H56N10O7. The SMILES string of the molecule is CC/C=C(/C=C(\NC)C(=O)N1CCN(C(=O)[C@@H](NC(=O)[C@H](C)NC)C(C)(C)C)C1)C(=O)NC1CC(C(N)=O)N(C(=O)CNC(=O)C(C)NC)C1. The van der Waals surface area contributed by atoms with Gasteiger partial charge in [-0.2, -0.15) is 0 Å². The average Bonchev–Trinajstić information content (AvgIpc) is 3.74. The Balaban J connectivity index is 2.15. The van der Waals surface area contributed by atoms with Gasteiger partial charge in [-0.3, -0.25) is 33.6 Å². The molecule has 0 aromatic carbocycles. The van der Waals surface area contributed by atoms with Crippen LogP contribution in [-0.2, 0) is 33.6 Å². The Hall–Kier alpha value is -4.51. The molecule has 2 aliphatic heterocycles. The number of carbonyl (C=O) groups is 7. The number of nitrogens with one attached hydrogen (secondary N) is 6. The molecule has 2 aliphatic rings. The Bertz CT molecular complexity index is 1360. The molecule has 50 heavy (non-hydrogen) atoms. The third-order valence-electron chi connectivity index (χ3n) is 8.82. The van der Waals surface area contributed by atoms with E-state index in [1.165, 1.54) is 20.8 Å². The van der Waals surface area contributed by atoms with Crippen molar-refractivity contribution < 1.29 is 33.6 Å². The predicted molar refractivity (Wildman–Crippen MR) is 186 cm³/mol. The first-order valence-electron chi connectivity index (χ1n) is 16.9. The fourth-order valence-electron chi connectivity index (χ4n) is 5.47. The highest BCUT2D eigenvalue weighted by Crippen LogP contribution is 2.23. The van der Waals surface area contributed by atoms with E-state index in [9.17, 15) is 33.6 Å². The van der Waals surface area contributed by atoms with Crippen molar-refractivity contribution in [3.8, 4) is 0 Å². The molecule has 3 unspecified atom stereocenters. The van der Waals surface area contributed by atoms with E-state index in [4.69, 9.17) is 5.73 Å². The third kappa shape index (κ3) is 11.0. The van der Waals surface area contributed by atoms with E-state index in [0.29, 0.717) is 6.42 Å². The van der Waals surface area contributed by atoms with Crippen molar-refractivity contribution in [2.24, 2.45) is 11.1 Å². The first-order chi connectivity index (χ1) is 23.4. The molecule has 0 spiro atoms. The lowest BCUT2D eigenvalue weighted by molar-refractivity contribution is -0.140. The first-order valence-corrected chi connectivity index (χ1v) is 16.9. The van der Waals surface area contributed by atoms with E-state index in [2.05, 4.69) is 31.9 Å². The lowest BCUT2D eigenvalue weighted by atomic mass is 9.85. The van der Waals surface area contributed by atoms with Crippen molar-refractivity contribution in [2.75, 3.05) is 54.0 Å². The molecule has 0 aromatic heterocycles. The highest BCUT2D eigenvalue weighted by Gasteiger charge is 2.41. The van der Waals surface area contributed by atoms with Crippen LogP contribution in [0.3, 0.4) is 0 Å². The number of rotatable bonds is 15.